The number of hydrogen-bond acceptors (Lipinski definition) is 3. The van der Waals surface area contributed by atoms with Crippen LogP contribution in [0.4, 0.5) is 0 Å². The number of halogens is 1. The van der Waals surface area contributed by atoms with Crippen LogP contribution < -0.4 is 4.74 Å². The van der Waals surface area contributed by atoms with Crippen LogP contribution in [0.2, 0.25) is 5.02 Å². The summed E-state index contributed by atoms with van der Waals surface area (Å²) < 4.78 is 5.15. The van der Waals surface area contributed by atoms with E-state index < -0.39 is 0 Å². The van der Waals surface area contributed by atoms with Crippen LogP contribution in [0.1, 0.15) is 16.8 Å². The van der Waals surface area contributed by atoms with Crippen LogP contribution in [0.3, 0.4) is 0 Å². The number of aromatic hydroxyl groups is 1. The van der Waals surface area contributed by atoms with Gasteiger partial charge in [0.05, 0.1) is 12.2 Å². The number of ether oxygens (including phenoxy) is 1. The van der Waals surface area contributed by atoms with Gasteiger partial charge in [0.2, 0.25) is 0 Å². The van der Waals surface area contributed by atoms with E-state index >= 15 is 0 Å². The molecular weight excluding hydrogens is 192 g/mol. The fourth-order valence-corrected chi connectivity index (χ4v) is 1.53. The molecule has 68 valence electrons. The Labute approximate surface area is 79.9 Å². The summed E-state index contributed by atoms with van der Waals surface area (Å²) in [5, 5.41) is 9.74. The maximum absolute atomic E-state index is 11.3. The number of hydrogen-bond donors (Lipinski definition) is 1. The molecule has 0 bridgehead atoms. The second-order valence-corrected chi connectivity index (χ2v) is 3.26. The molecule has 0 aliphatic carbocycles. The van der Waals surface area contributed by atoms with Gasteiger partial charge in [-0.05, 0) is 6.07 Å². The first-order valence-corrected chi connectivity index (χ1v) is 4.25. The van der Waals surface area contributed by atoms with E-state index in [-0.39, 0.29) is 17.3 Å². The molecule has 0 fully saturated rings. The molecule has 0 aromatic heterocycles. The number of fused-ring (bicyclic) bond motifs is 1. The highest BCUT2D eigenvalue weighted by Gasteiger charge is 2.21. The molecule has 1 N–H and O–H groups in total. The van der Waals surface area contributed by atoms with Crippen molar-refractivity contribution in [1.29, 1.82) is 0 Å². The quantitative estimate of drug-likeness (QED) is 0.694. The Kier molecular flexibility index (Phi) is 1.88. The minimum Gasteiger partial charge on any atom is -0.504 e. The van der Waals surface area contributed by atoms with E-state index in [9.17, 15) is 9.90 Å². The van der Waals surface area contributed by atoms with Crippen molar-refractivity contribution in [3.05, 3.63) is 22.7 Å². The van der Waals surface area contributed by atoms with E-state index in [1.165, 1.54) is 12.1 Å². The Bertz CT molecular complexity index is 373. The highest BCUT2D eigenvalue weighted by atomic mass is 35.5. The Morgan fingerprint density at radius 3 is 3.00 bits per heavy atom. The molecule has 1 aliphatic rings. The second-order valence-electron chi connectivity index (χ2n) is 2.82. The molecule has 0 spiro atoms. The molecule has 1 aromatic rings. The fourth-order valence-electron chi connectivity index (χ4n) is 1.32. The van der Waals surface area contributed by atoms with Crippen LogP contribution >= 0.6 is 11.6 Å². The normalized spacial score (nSPS) is 15.0. The highest BCUT2D eigenvalue weighted by molar-refractivity contribution is 6.31. The first kappa shape index (κ1) is 8.38. The molecule has 1 aromatic carbocycles. The predicted molar refractivity (Wildman–Crippen MR) is 47.6 cm³/mol. The van der Waals surface area contributed by atoms with Crippen molar-refractivity contribution in [2.45, 2.75) is 6.42 Å². The molecule has 0 saturated heterocycles. The van der Waals surface area contributed by atoms with Crippen LogP contribution in [0.25, 0.3) is 0 Å². The van der Waals surface area contributed by atoms with E-state index in [4.69, 9.17) is 16.3 Å². The zero-order valence-corrected chi connectivity index (χ0v) is 7.47. The minimum atomic E-state index is -0.0736. The number of ketones is 1. The molecule has 2 rings (SSSR count). The van der Waals surface area contributed by atoms with Crippen molar-refractivity contribution >= 4 is 17.4 Å². The third kappa shape index (κ3) is 1.35. The molecule has 0 radical (unpaired) electrons. The van der Waals surface area contributed by atoms with Crippen molar-refractivity contribution in [3.63, 3.8) is 0 Å². The Balaban J connectivity index is 2.63. The summed E-state index contributed by atoms with van der Waals surface area (Å²) in [6.07, 6.45) is 0.340. The maximum Gasteiger partial charge on any atom is 0.171 e. The minimum absolute atomic E-state index is 0.0425. The summed E-state index contributed by atoms with van der Waals surface area (Å²) in [5.41, 5.74) is 0.372. The number of phenolic OH excluding ortho intramolecular Hbond substituents is 1. The first-order chi connectivity index (χ1) is 6.18. The third-order valence-electron chi connectivity index (χ3n) is 1.91. The summed E-state index contributed by atoms with van der Waals surface area (Å²) in [6.45, 7) is 0.320. The zero-order valence-electron chi connectivity index (χ0n) is 6.71. The molecule has 3 nitrogen and oxygen atoms in total. The molecular formula is C9H7ClO3. The lowest BCUT2D eigenvalue weighted by Crippen LogP contribution is -2.15. The first-order valence-electron chi connectivity index (χ1n) is 3.87. The average Bonchev–Trinajstić information content (AvgIpc) is 2.07. The fraction of sp³-hybridized carbons (Fsp3) is 0.222. The largest absolute Gasteiger partial charge is 0.504 e. The third-order valence-corrected chi connectivity index (χ3v) is 2.13. The van der Waals surface area contributed by atoms with Gasteiger partial charge in [0.1, 0.15) is 0 Å². The number of carbonyl (C=O) groups excluding carboxylic acids is 1. The number of carbonyl (C=O) groups is 1. The van der Waals surface area contributed by atoms with Crippen molar-refractivity contribution in [3.8, 4) is 11.5 Å². The van der Waals surface area contributed by atoms with Gasteiger partial charge in [-0.1, -0.05) is 11.6 Å². The van der Waals surface area contributed by atoms with Crippen molar-refractivity contribution in [1.82, 2.24) is 0 Å². The lowest BCUT2D eigenvalue weighted by molar-refractivity contribution is 0.0930. The molecule has 0 unspecified atom stereocenters. The van der Waals surface area contributed by atoms with Crippen molar-refractivity contribution in [2.24, 2.45) is 0 Å². The van der Waals surface area contributed by atoms with Gasteiger partial charge >= 0.3 is 0 Å². The van der Waals surface area contributed by atoms with Crippen LogP contribution in [-0.4, -0.2) is 17.5 Å². The van der Waals surface area contributed by atoms with E-state index in [1.54, 1.807) is 0 Å². The summed E-state index contributed by atoms with van der Waals surface area (Å²) in [5.74, 6) is 0.134. The highest BCUT2D eigenvalue weighted by Crippen LogP contribution is 2.36. The van der Waals surface area contributed by atoms with Gasteiger partial charge < -0.3 is 9.84 Å². The average molecular weight is 199 g/mol. The number of benzene rings is 1. The molecule has 13 heavy (non-hydrogen) atoms. The van der Waals surface area contributed by atoms with Crippen molar-refractivity contribution < 1.29 is 14.6 Å². The Morgan fingerprint density at radius 1 is 1.46 bits per heavy atom. The van der Waals surface area contributed by atoms with E-state index in [1.807, 2.05) is 0 Å². The van der Waals surface area contributed by atoms with E-state index in [0.29, 0.717) is 23.6 Å². The van der Waals surface area contributed by atoms with Crippen LogP contribution in [0.15, 0.2) is 12.1 Å². The summed E-state index contributed by atoms with van der Waals surface area (Å²) >= 11 is 5.68. The number of Topliss-reactive ketones (excluding diaryl/α,β-unsaturated/α-hetero) is 1. The number of phenols is 1. The van der Waals surface area contributed by atoms with Gasteiger partial charge in [-0.3, -0.25) is 4.79 Å². The van der Waals surface area contributed by atoms with E-state index in [0.717, 1.165) is 0 Å². The zero-order chi connectivity index (χ0) is 9.42. The predicted octanol–water partition coefficient (Wildman–Crippen LogP) is 2.01. The molecule has 0 amide bonds. The standard InChI is InChI=1S/C9H7ClO3/c10-5-3-6-7(11)1-2-13-9(6)8(12)4-5/h3-4,12H,1-2H2. The van der Waals surface area contributed by atoms with E-state index in [2.05, 4.69) is 0 Å². The lowest BCUT2D eigenvalue weighted by Gasteiger charge is -2.17. The molecule has 1 aliphatic heterocycles. The molecule has 0 saturated carbocycles. The molecule has 0 atom stereocenters. The lowest BCUT2D eigenvalue weighted by atomic mass is 10.0. The van der Waals surface area contributed by atoms with Gasteiger partial charge in [0, 0.05) is 17.5 Å². The van der Waals surface area contributed by atoms with Crippen molar-refractivity contribution in [2.75, 3.05) is 6.61 Å². The van der Waals surface area contributed by atoms with Crippen LogP contribution in [0.5, 0.6) is 11.5 Å². The molecule has 1 heterocycles. The summed E-state index contributed by atoms with van der Waals surface area (Å²) in [6, 6.07) is 2.87. The maximum atomic E-state index is 11.3. The molecule has 4 heteroatoms. The summed E-state index contributed by atoms with van der Waals surface area (Å²) in [4.78, 5) is 11.3. The van der Waals surface area contributed by atoms with Gasteiger partial charge in [-0.15, -0.1) is 0 Å². The van der Waals surface area contributed by atoms with Gasteiger partial charge in [-0.25, -0.2) is 0 Å². The Morgan fingerprint density at radius 2 is 2.23 bits per heavy atom. The van der Waals surface area contributed by atoms with Gasteiger partial charge in [-0.2, -0.15) is 0 Å². The number of rotatable bonds is 0. The van der Waals surface area contributed by atoms with Crippen LogP contribution in [-0.2, 0) is 0 Å². The SMILES string of the molecule is O=C1CCOc2c(O)cc(Cl)cc21. The Hall–Kier alpha value is -1.22. The van der Waals surface area contributed by atoms with Gasteiger partial charge in [0.25, 0.3) is 0 Å². The smallest absolute Gasteiger partial charge is 0.171 e. The summed E-state index contributed by atoms with van der Waals surface area (Å²) in [7, 11) is 0. The van der Waals surface area contributed by atoms with Crippen LogP contribution in [0, 0.1) is 0 Å². The topological polar surface area (TPSA) is 46.5 Å². The second kappa shape index (κ2) is 2.92. The van der Waals surface area contributed by atoms with Gasteiger partial charge in [0.15, 0.2) is 17.3 Å². The monoisotopic (exact) mass is 198 g/mol.